The van der Waals surface area contributed by atoms with Gasteiger partial charge >= 0.3 is 0 Å². The quantitative estimate of drug-likeness (QED) is 0.817. The Bertz CT molecular complexity index is 428. The SMILES string of the molecule is CC(=O)Cc1ccc(CN2CCOCC2)c(F)c1. The summed E-state index contributed by atoms with van der Waals surface area (Å²) in [5.41, 5.74) is 1.43. The van der Waals surface area contributed by atoms with Crippen LogP contribution in [0.25, 0.3) is 0 Å². The van der Waals surface area contributed by atoms with E-state index in [0.29, 0.717) is 31.7 Å². The van der Waals surface area contributed by atoms with Crippen molar-refractivity contribution in [2.75, 3.05) is 26.3 Å². The lowest BCUT2D eigenvalue weighted by Gasteiger charge is -2.26. The Balaban J connectivity index is 2.02. The summed E-state index contributed by atoms with van der Waals surface area (Å²) in [7, 11) is 0. The first-order valence-electron chi connectivity index (χ1n) is 6.22. The van der Waals surface area contributed by atoms with Gasteiger partial charge in [0.25, 0.3) is 0 Å². The first-order chi connectivity index (χ1) is 8.65. The molecule has 0 aliphatic carbocycles. The van der Waals surface area contributed by atoms with Crippen LogP contribution in [0.15, 0.2) is 18.2 Å². The van der Waals surface area contributed by atoms with Gasteiger partial charge in [0.2, 0.25) is 0 Å². The summed E-state index contributed by atoms with van der Waals surface area (Å²) in [6, 6.07) is 5.08. The van der Waals surface area contributed by atoms with Crippen LogP contribution < -0.4 is 0 Å². The van der Waals surface area contributed by atoms with E-state index in [1.54, 1.807) is 6.07 Å². The number of morpholine rings is 1. The van der Waals surface area contributed by atoms with E-state index in [0.717, 1.165) is 18.7 Å². The number of rotatable bonds is 4. The van der Waals surface area contributed by atoms with Crippen LogP contribution in [0.4, 0.5) is 4.39 Å². The fourth-order valence-corrected chi connectivity index (χ4v) is 2.12. The summed E-state index contributed by atoms with van der Waals surface area (Å²) >= 11 is 0. The molecular formula is C14H18FNO2. The highest BCUT2D eigenvalue weighted by molar-refractivity contribution is 5.78. The highest BCUT2D eigenvalue weighted by Gasteiger charge is 2.13. The minimum atomic E-state index is -0.222. The van der Waals surface area contributed by atoms with Crippen LogP contribution in [-0.2, 0) is 22.5 Å². The second-order valence-electron chi connectivity index (χ2n) is 4.69. The number of halogens is 1. The van der Waals surface area contributed by atoms with Crippen molar-refractivity contribution in [3.8, 4) is 0 Å². The zero-order chi connectivity index (χ0) is 13.0. The molecule has 0 N–H and O–H groups in total. The number of nitrogens with zero attached hydrogens (tertiary/aromatic N) is 1. The molecule has 3 nitrogen and oxygen atoms in total. The highest BCUT2D eigenvalue weighted by atomic mass is 19.1. The van der Waals surface area contributed by atoms with Crippen LogP contribution in [-0.4, -0.2) is 37.0 Å². The second kappa shape index (κ2) is 6.07. The van der Waals surface area contributed by atoms with Crippen LogP contribution in [0.5, 0.6) is 0 Å². The van der Waals surface area contributed by atoms with E-state index in [1.165, 1.54) is 13.0 Å². The summed E-state index contributed by atoms with van der Waals surface area (Å²) in [5, 5.41) is 0. The van der Waals surface area contributed by atoms with Gasteiger partial charge in [-0.25, -0.2) is 4.39 Å². The van der Waals surface area contributed by atoms with Crippen molar-refractivity contribution in [1.29, 1.82) is 0 Å². The van der Waals surface area contributed by atoms with Crippen LogP contribution in [0.1, 0.15) is 18.1 Å². The topological polar surface area (TPSA) is 29.5 Å². The molecule has 0 bridgehead atoms. The molecule has 98 valence electrons. The number of carbonyl (C=O) groups is 1. The van der Waals surface area contributed by atoms with Crippen LogP contribution in [0.2, 0.25) is 0 Å². The first-order valence-corrected chi connectivity index (χ1v) is 6.22. The van der Waals surface area contributed by atoms with Crippen molar-refractivity contribution in [3.05, 3.63) is 35.1 Å². The Labute approximate surface area is 107 Å². The molecule has 0 spiro atoms. The third-order valence-corrected chi connectivity index (χ3v) is 3.07. The van der Waals surface area contributed by atoms with Crippen LogP contribution in [0, 0.1) is 5.82 Å². The molecule has 0 amide bonds. The van der Waals surface area contributed by atoms with Crippen molar-refractivity contribution in [1.82, 2.24) is 4.90 Å². The van der Waals surface area contributed by atoms with E-state index in [2.05, 4.69) is 4.90 Å². The molecule has 2 rings (SSSR count). The molecule has 1 aromatic rings. The number of Topliss-reactive ketones (excluding diaryl/α,β-unsaturated/α-hetero) is 1. The van der Waals surface area contributed by atoms with E-state index >= 15 is 0 Å². The standard InChI is InChI=1S/C14H18FNO2/c1-11(17)8-12-2-3-13(14(15)9-12)10-16-4-6-18-7-5-16/h2-3,9H,4-8,10H2,1H3. The van der Waals surface area contributed by atoms with E-state index in [-0.39, 0.29) is 11.6 Å². The first kappa shape index (κ1) is 13.2. The van der Waals surface area contributed by atoms with Gasteiger partial charge in [-0.15, -0.1) is 0 Å². The Hall–Kier alpha value is -1.26. The molecule has 0 aromatic heterocycles. The van der Waals surface area contributed by atoms with Gasteiger partial charge in [0.05, 0.1) is 13.2 Å². The zero-order valence-corrected chi connectivity index (χ0v) is 10.6. The predicted octanol–water partition coefficient (Wildman–Crippen LogP) is 1.79. The fourth-order valence-electron chi connectivity index (χ4n) is 2.12. The largest absolute Gasteiger partial charge is 0.379 e. The number of ether oxygens (including phenoxy) is 1. The van der Waals surface area contributed by atoms with E-state index in [1.807, 2.05) is 6.07 Å². The minimum Gasteiger partial charge on any atom is -0.379 e. The molecule has 18 heavy (non-hydrogen) atoms. The number of ketones is 1. The molecule has 0 unspecified atom stereocenters. The summed E-state index contributed by atoms with van der Waals surface area (Å²) in [4.78, 5) is 13.2. The minimum absolute atomic E-state index is 0.0512. The molecule has 1 aromatic carbocycles. The van der Waals surface area contributed by atoms with Gasteiger partial charge in [-0.2, -0.15) is 0 Å². The summed E-state index contributed by atoms with van der Waals surface area (Å²) < 4.78 is 19.1. The lowest BCUT2D eigenvalue weighted by molar-refractivity contribution is -0.116. The number of hydrogen-bond donors (Lipinski definition) is 0. The predicted molar refractivity (Wildman–Crippen MR) is 66.9 cm³/mol. The smallest absolute Gasteiger partial charge is 0.134 e. The van der Waals surface area contributed by atoms with Gasteiger partial charge in [0.15, 0.2) is 0 Å². The maximum atomic E-state index is 13.9. The molecule has 1 heterocycles. The zero-order valence-electron chi connectivity index (χ0n) is 10.6. The average Bonchev–Trinajstić information content (AvgIpc) is 2.33. The van der Waals surface area contributed by atoms with Crippen molar-refractivity contribution in [3.63, 3.8) is 0 Å². The molecule has 0 radical (unpaired) electrons. The fraction of sp³-hybridized carbons (Fsp3) is 0.500. The maximum absolute atomic E-state index is 13.9. The normalized spacial score (nSPS) is 16.8. The van der Waals surface area contributed by atoms with Gasteiger partial charge in [-0.3, -0.25) is 9.69 Å². The lowest BCUT2D eigenvalue weighted by atomic mass is 10.1. The highest BCUT2D eigenvalue weighted by Crippen LogP contribution is 2.14. The number of hydrogen-bond acceptors (Lipinski definition) is 3. The van der Waals surface area contributed by atoms with Crippen LogP contribution in [0.3, 0.4) is 0 Å². The molecule has 1 aliphatic rings. The van der Waals surface area contributed by atoms with Gasteiger partial charge in [-0.1, -0.05) is 12.1 Å². The van der Waals surface area contributed by atoms with Gasteiger partial charge in [0, 0.05) is 31.6 Å². The van der Waals surface area contributed by atoms with Crippen molar-refractivity contribution in [2.24, 2.45) is 0 Å². The molecule has 0 atom stereocenters. The van der Waals surface area contributed by atoms with E-state index in [4.69, 9.17) is 4.74 Å². The number of carbonyl (C=O) groups excluding carboxylic acids is 1. The van der Waals surface area contributed by atoms with E-state index in [9.17, 15) is 9.18 Å². The summed E-state index contributed by atoms with van der Waals surface area (Å²) in [6.45, 7) is 5.23. The van der Waals surface area contributed by atoms with Gasteiger partial charge in [-0.05, 0) is 18.6 Å². The monoisotopic (exact) mass is 251 g/mol. The van der Waals surface area contributed by atoms with E-state index < -0.39 is 0 Å². The summed E-state index contributed by atoms with van der Waals surface area (Å²) in [6.07, 6.45) is 0.300. The lowest BCUT2D eigenvalue weighted by Crippen LogP contribution is -2.35. The Kier molecular flexibility index (Phi) is 4.44. The van der Waals surface area contributed by atoms with Gasteiger partial charge < -0.3 is 4.74 Å². The molecule has 4 heteroatoms. The molecular weight excluding hydrogens is 233 g/mol. The average molecular weight is 251 g/mol. The maximum Gasteiger partial charge on any atom is 0.134 e. The molecule has 0 saturated carbocycles. The van der Waals surface area contributed by atoms with Gasteiger partial charge in [0.1, 0.15) is 11.6 Å². The number of benzene rings is 1. The van der Waals surface area contributed by atoms with Crippen molar-refractivity contribution in [2.45, 2.75) is 19.9 Å². The van der Waals surface area contributed by atoms with Crippen molar-refractivity contribution >= 4 is 5.78 Å². The van der Waals surface area contributed by atoms with Crippen molar-refractivity contribution < 1.29 is 13.9 Å². The Morgan fingerprint density at radius 3 is 2.72 bits per heavy atom. The Morgan fingerprint density at radius 1 is 1.39 bits per heavy atom. The second-order valence-corrected chi connectivity index (χ2v) is 4.69. The third kappa shape index (κ3) is 3.62. The molecule has 1 aliphatic heterocycles. The molecule has 1 saturated heterocycles. The van der Waals surface area contributed by atoms with Crippen LogP contribution >= 0.6 is 0 Å². The Morgan fingerprint density at radius 2 is 2.11 bits per heavy atom. The molecule has 1 fully saturated rings. The third-order valence-electron chi connectivity index (χ3n) is 3.07. The summed E-state index contributed by atoms with van der Waals surface area (Å²) in [5.74, 6) is -0.171.